The summed E-state index contributed by atoms with van der Waals surface area (Å²) in [6.07, 6.45) is 8.30. The average molecular weight is 484 g/mol. The Morgan fingerprint density at radius 3 is 2.72 bits per heavy atom. The van der Waals surface area contributed by atoms with Crippen molar-refractivity contribution in [3.05, 3.63) is 65.8 Å². The van der Waals surface area contributed by atoms with Gasteiger partial charge in [-0.2, -0.15) is 5.26 Å². The fourth-order valence-electron chi connectivity index (χ4n) is 4.63. The zero-order chi connectivity index (χ0) is 25.7. The Morgan fingerprint density at radius 1 is 1.14 bits per heavy atom. The molecule has 0 aliphatic rings. The summed E-state index contributed by atoms with van der Waals surface area (Å²) in [6, 6.07) is 12.0. The summed E-state index contributed by atoms with van der Waals surface area (Å²) in [7, 11) is 0. The van der Waals surface area contributed by atoms with Gasteiger partial charge in [-0.15, -0.1) is 0 Å². The summed E-state index contributed by atoms with van der Waals surface area (Å²) in [5, 5.41) is 18.8. The van der Waals surface area contributed by atoms with Crippen molar-refractivity contribution in [3.8, 4) is 6.07 Å². The third kappa shape index (κ3) is 5.65. The molecule has 0 radical (unpaired) electrons. The zero-order valence-electron chi connectivity index (χ0n) is 21.3. The maximum absolute atomic E-state index is 13.3. The molecule has 0 spiro atoms. The molecule has 0 aliphatic carbocycles. The number of pyridine rings is 2. The Morgan fingerprint density at radius 2 is 1.97 bits per heavy atom. The average Bonchev–Trinajstić information content (AvgIpc) is 3.24. The van der Waals surface area contributed by atoms with Crippen LogP contribution in [0.2, 0.25) is 0 Å². The second kappa shape index (κ2) is 11.2. The standard InChI is InChI=1S/C29H33N5O2/c1-5-19(4)12-22(11-18(2)3)34-27-13-23-26(17-32-27)36-25(14-30)28(23)29(35)33-15-21-8-6-7-20-9-10-31-16-24(20)21/h6-10,13,16-19,22H,5,11-12,15H2,1-4H3,(H,32,34)(H,33,35). The van der Waals surface area contributed by atoms with Gasteiger partial charge in [0.05, 0.1) is 6.20 Å². The molecule has 1 aromatic carbocycles. The van der Waals surface area contributed by atoms with Crippen LogP contribution in [0.5, 0.6) is 0 Å². The molecule has 186 valence electrons. The lowest BCUT2D eigenvalue weighted by molar-refractivity contribution is 0.0951. The minimum Gasteiger partial charge on any atom is -0.443 e. The number of carbonyl (C=O) groups excluding carboxylic acids is 1. The van der Waals surface area contributed by atoms with E-state index in [9.17, 15) is 10.1 Å². The zero-order valence-corrected chi connectivity index (χ0v) is 21.3. The van der Waals surface area contributed by atoms with Crippen LogP contribution < -0.4 is 10.6 Å². The number of aromatic nitrogens is 2. The summed E-state index contributed by atoms with van der Waals surface area (Å²) >= 11 is 0. The Balaban J connectivity index is 1.60. The van der Waals surface area contributed by atoms with Crippen molar-refractivity contribution >= 4 is 33.5 Å². The number of hydrogen-bond donors (Lipinski definition) is 2. The Kier molecular flexibility index (Phi) is 7.84. The molecule has 3 heterocycles. The molecule has 4 aromatic rings. The molecule has 2 atom stereocenters. The van der Waals surface area contributed by atoms with E-state index in [1.807, 2.05) is 36.4 Å². The van der Waals surface area contributed by atoms with Crippen molar-refractivity contribution < 1.29 is 9.21 Å². The van der Waals surface area contributed by atoms with Crippen molar-refractivity contribution in [2.45, 2.75) is 59.5 Å². The van der Waals surface area contributed by atoms with Gasteiger partial charge in [-0.25, -0.2) is 4.98 Å². The highest BCUT2D eigenvalue weighted by Gasteiger charge is 2.23. The molecule has 7 heteroatoms. The highest BCUT2D eigenvalue weighted by Crippen LogP contribution is 2.29. The largest absolute Gasteiger partial charge is 0.443 e. The number of carbonyl (C=O) groups is 1. The molecule has 7 nitrogen and oxygen atoms in total. The first-order valence-corrected chi connectivity index (χ1v) is 12.6. The second-order valence-electron chi connectivity index (χ2n) is 9.90. The SMILES string of the molecule is CCC(C)CC(CC(C)C)Nc1cc2c(C(=O)NCc3cccc4ccncc34)c(C#N)oc2cn1. The Hall–Kier alpha value is -3.92. The topological polar surface area (TPSA) is 104 Å². The van der Waals surface area contributed by atoms with E-state index < -0.39 is 0 Å². The van der Waals surface area contributed by atoms with Crippen molar-refractivity contribution in [1.82, 2.24) is 15.3 Å². The van der Waals surface area contributed by atoms with E-state index >= 15 is 0 Å². The van der Waals surface area contributed by atoms with Gasteiger partial charge < -0.3 is 15.1 Å². The van der Waals surface area contributed by atoms with Gasteiger partial charge in [-0.1, -0.05) is 52.3 Å². The molecule has 0 saturated carbocycles. The van der Waals surface area contributed by atoms with Crippen LogP contribution in [0.1, 0.15) is 68.6 Å². The van der Waals surface area contributed by atoms with E-state index in [0.29, 0.717) is 35.2 Å². The van der Waals surface area contributed by atoms with Crippen molar-refractivity contribution in [3.63, 3.8) is 0 Å². The number of nitriles is 1. The number of benzene rings is 1. The van der Waals surface area contributed by atoms with Gasteiger partial charge in [0, 0.05) is 35.8 Å². The third-order valence-electron chi connectivity index (χ3n) is 6.61. The lowest BCUT2D eigenvalue weighted by Gasteiger charge is -2.24. The van der Waals surface area contributed by atoms with Gasteiger partial charge in [-0.3, -0.25) is 9.78 Å². The summed E-state index contributed by atoms with van der Waals surface area (Å²) in [5.41, 5.74) is 1.60. The normalized spacial score (nSPS) is 13.0. The summed E-state index contributed by atoms with van der Waals surface area (Å²) in [5.74, 6) is 1.44. The fraction of sp³-hybridized carbons (Fsp3) is 0.379. The van der Waals surface area contributed by atoms with Gasteiger partial charge >= 0.3 is 0 Å². The summed E-state index contributed by atoms with van der Waals surface area (Å²) in [6.45, 7) is 9.20. The number of amides is 1. The van der Waals surface area contributed by atoms with Crippen LogP contribution in [0.4, 0.5) is 5.82 Å². The highest BCUT2D eigenvalue weighted by atomic mass is 16.3. The van der Waals surface area contributed by atoms with Crippen LogP contribution in [0.15, 0.2) is 53.3 Å². The molecule has 1 amide bonds. The van der Waals surface area contributed by atoms with E-state index in [-0.39, 0.29) is 23.3 Å². The van der Waals surface area contributed by atoms with Crippen molar-refractivity contribution in [2.75, 3.05) is 5.32 Å². The minimum atomic E-state index is -0.360. The smallest absolute Gasteiger partial charge is 0.256 e. The van der Waals surface area contributed by atoms with Gasteiger partial charge in [0.15, 0.2) is 5.58 Å². The number of nitrogens with zero attached hydrogens (tertiary/aromatic N) is 3. The van der Waals surface area contributed by atoms with E-state index in [2.05, 4.69) is 48.3 Å². The van der Waals surface area contributed by atoms with Gasteiger partial charge in [-0.05, 0) is 47.8 Å². The molecule has 2 N–H and O–H groups in total. The number of anilines is 1. The molecular formula is C29H33N5O2. The molecule has 36 heavy (non-hydrogen) atoms. The van der Waals surface area contributed by atoms with Gasteiger partial charge in [0.25, 0.3) is 5.91 Å². The van der Waals surface area contributed by atoms with Crippen LogP contribution in [-0.4, -0.2) is 21.9 Å². The minimum absolute atomic E-state index is 0.0145. The van der Waals surface area contributed by atoms with Gasteiger partial charge in [0.1, 0.15) is 17.5 Å². The second-order valence-corrected chi connectivity index (χ2v) is 9.90. The van der Waals surface area contributed by atoms with Crippen LogP contribution in [0.3, 0.4) is 0 Å². The molecule has 0 bridgehead atoms. The molecule has 4 rings (SSSR count). The predicted octanol–water partition coefficient (Wildman–Crippen LogP) is 6.44. The molecule has 0 saturated heterocycles. The van der Waals surface area contributed by atoms with E-state index in [1.165, 1.54) is 0 Å². The van der Waals surface area contributed by atoms with Crippen LogP contribution in [0, 0.1) is 23.2 Å². The highest BCUT2D eigenvalue weighted by molar-refractivity contribution is 6.08. The first kappa shape index (κ1) is 25.2. The summed E-state index contributed by atoms with van der Waals surface area (Å²) in [4.78, 5) is 22.0. The number of fused-ring (bicyclic) bond motifs is 2. The quantitative estimate of drug-likeness (QED) is 0.269. The molecule has 2 unspecified atom stereocenters. The van der Waals surface area contributed by atoms with E-state index in [1.54, 1.807) is 18.6 Å². The van der Waals surface area contributed by atoms with E-state index in [4.69, 9.17) is 4.42 Å². The number of furan rings is 1. The molecular weight excluding hydrogens is 450 g/mol. The fourth-order valence-corrected chi connectivity index (χ4v) is 4.63. The molecule has 0 aliphatic heterocycles. The maximum Gasteiger partial charge on any atom is 0.256 e. The summed E-state index contributed by atoms with van der Waals surface area (Å²) < 4.78 is 5.68. The number of hydrogen-bond acceptors (Lipinski definition) is 6. The number of nitrogens with one attached hydrogen (secondary N) is 2. The monoisotopic (exact) mass is 483 g/mol. The molecule has 3 aromatic heterocycles. The lowest BCUT2D eigenvalue weighted by Crippen LogP contribution is -2.25. The van der Waals surface area contributed by atoms with Crippen molar-refractivity contribution in [2.24, 2.45) is 11.8 Å². The van der Waals surface area contributed by atoms with Gasteiger partial charge in [0.2, 0.25) is 5.76 Å². The first-order valence-electron chi connectivity index (χ1n) is 12.6. The van der Waals surface area contributed by atoms with Crippen LogP contribution in [0.25, 0.3) is 21.7 Å². The van der Waals surface area contributed by atoms with Crippen LogP contribution >= 0.6 is 0 Å². The van der Waals surface area contributed by atoms with Crippen molar-refractivity contribution in [1.29, 1.82) is 5.26 Å². The number of rotatable bonds is 10. The van der Waals surface area contributed by atoms with E-state index in [0.717, 1.165) is 35.6 Å². The molecule has 0 fully saturated rings. The van der Waals surface area contributed by atoms with Crippen LogP contribution in [-0.2, 0) is 6.54 Å². The lowest BCUT2D eigenvalue weighted by atomic mass is 9.93. The Labute approximate surface area is 211 Å². The first-order chi connectivity index (χ1) is 17.4. The maximum atomic E-state index is 13.3. The third-order valence-corrected chi connectivity index (χ3v) is 6.61. The Bertz CT molecular complexity index is 1400. The predicted molar refractivity (Wildman–Crippen MR) is 143 cm³/mol.